The topological polar surface area (TPSA) is 81.8 Å². The molecular formula is C25H25BrFN5O3S. The van der Waals surface area contributed by atoms with Crippen LogP contribution in [0.2, 0.25) is 0 Å². The Hall–Kier alpha value is -2.60. The first-order valence-corrected chi connectivity index (χ1v) is 13.4. The molecule has 0 aliphatic carbocycles. The summed E-state index contributed by atoms with van der Waals surface area (Å²) < 4.78 is 28.2. The summed E-state index contributed by atoms with van der Waals surface area (Å²) in [4.78, 5) is 19.3. The molecule has 0 radical (unpaired) electrons. The van der Waals surface area contributed by atoms with Gasteiger partial charge in [0.1, 0.15) is 11.9 Å². The summed E-state index contributed by atoms with van der Waals surface area (Å²) in [7, 11) is 1.36. The second kappa shape index (κ2) is 11.2. The molecule has 0 spiro atoms. The highest BCUT2D eigenvalue weighted by Crippen LogP contribution is 2.37. The van der Waals surface area contributed by atoms with E-state index in [1.165, 1.54) is 13.2 Å². The van der Waals surface area contributed by atoms with Gasteiger partial charge in [0.15, 0.2) is 11.0 Å². The maximum Gasteiger partial charge on any atom is 0.305 e. The molecule has 2 aliphatic heterocycles. The van der Waals surface area contributed by atoms with Crippen molar-refractivity contribution in [2.45, 2.75) is 24.0 Å². The van der Waals surface area contributed by atoms with Crippen LogP contribution in [0.5, 0.6) is 0 Å². The first-order valence-electron chi connectivity index (χ1n) is 11.6. The van der Waals surface area contributed by atoms with Gasteiger partial charge >= 0.3 is 5.97 Å². The number of thioether (sulfide) groups is 1. The van der Waals surface area contributed by atoms with E-state index in [4.69, 9.17) is 14.5 Å². The molecule has 0 saturated carbocycles. The SMILES string of the molecule is COC(=O)CC[C@@H]1N=C(c2ccccc2F)c2cc(Br)ccc2-n2c(SCN3CCOCC3)nnc21. The lowest BCUT2D eigenvalue weighted by atomic mass is 10.00. The Kier molecular flexibility index (Phi) is 7.80. The maximum absolute atomic E-state index is 15.0. The Labute approximate surface area is 221 Å². The van der Waals surface area contributed by atoms with Crippen LogP contribution < -0.4 is 0 Å². The lowest BCUT2D eigenvalue weighted by molar-refractivity contribution is -0.140. The zero-order valence-corrected chi connectivity index (χ0v) is 22.1. The van der Waals surface area contributed by atoms with Crippen LogP contribution in [0, 0.1) is 5.82 Å². The van der Waals surface area contributed by atoms with Crippen molar-refractivity contribution in [3.05, 3.63) is 69.7 Å². The highest BCUT2D eigenvalue weighted by atomic mass is 79.9. The van der Waals surface area contributed by atoms with E-state index in [-0.39, 0.29) is 18.2 Å². The Morgan fingerprint density at radius 3 is 2.78 bits per heavy atom. The van der Waals surface area contributed by atoms with E-state index in [9.17, 15) is 4.79 Å². The third-order valence-electron chi connectivity index (χ3n) is 6.15. The van der Waals surface area contributed by atoms with Crippen LogP contribution in [0.4, 0.5) is 4.39 Å². The number of hydrogen-bond donors (Lipinski definition) is 0. The summed E-state index contributed by atoms with van der Waals surface area (Å²) in [6.45, 7) is 3.15. The second-order valence-corrected chi connectivity index (χ2v) is 10.3. The van der Waals surface area contributed by atoms with Gasteiger partial charge in [-0.2, -0.15) is 0 Å². The Morgan fingerprint density at radius 2 is 2.00 bits per heavy atom. The van der Waals surface area contributed by atoms with Crippen LogP contribution in [0.3, 0.4) is 0 Å². The molecule has 2 aliphatic rings. The number of methoxy groups -OCH3 is 1. The van der Waals surface area contributed by atoms with Crippen molar-refractivity contribution in [1.82, 2.24) is 19.7 Å². The number of ether oxygens (including phenoxy) is 2. The van der Waals surface area contributed by atoms with Gasteiger partial charge in [0.05, 0.1) is 37.6 Å². The minimum atomic E-state index is -0.518. The molecule has 0 amide bonds. The number of carbonyl (C=O) groups excluding carboxylic acids is 1. The zero-order chi connectivity index (χ0) is 25.1. The minimum absolute atomic E-state index is 0.151. The molecule has 1 aromatic heterocycles. The first kappa shape index (κ1) is 25.1. The van der Waals surface area contributed by atoms with Crippen LogP contribution in [-0.2, 0) is 14.3 Å². The van der Waals surface area contributed by atoms with Crippen molar-refractivity contribution in [2.24, 2.45) is 4.99 Å². The molecule has 8 nitrogen and oxygen atoms in total. The van der Waals surface area contributed by atoms with Gasteiger partial charge in [-0.1, -0.05) is 39.8 Å². The molecule has 0 bridgehead atoms. The number of halogens is 2. The largest absolute Gasteiger partial charge is 0.469 e. The molecule has 3 heterocycles. The molecule has 5 rings (SSSR count). The van der Waals surface area contributed by atoms with Gasteiger partial charge in [-0.3, -0.25) is 19.3 Å². The second-order valence-electron chi connectivity index (χ2n) is 8.43. The molecule has 2 aromatic carbocycles. The molecule has 1 atom stereocenters. The van der Waals surface area contributed by atoms with Crippen LogP contribution in [-0.4, -0.2) is 70.6 Å². The maximum atomic E-state index is 15.0. The number of nitrogens with zero attached hydrogens (tertiary/aromatic N) is 5. The molecule has 1 saturated heterocycles. The summed E-state index contributed by atoms with van der Waals surface area (Å²) in [6.07, 6.45) is 0.504. The van der Waals surface area contributed by atoms with Gasteiger partial charge in [0, 0.05) is 35.1 Å². The van der Waals surface area contributed by atoms with Crippen molar-refractivity contribution in [3.63, 3.8) is 0 Å². The van der Waals surface area contributed by atoms with E-state index in [2.05, 4.69) is 31.0 Å². The van der Waals surface area contributed by atoms with E-state index in [1.54, 1.807) is 30.0 Å². The number of aromatic nitrogens is 3. The lowest BCUT2D eigenvalue weighted by Crippen LogP contribution is -2.35. The standard InChI is InChI=1S/C25H25BrFN5O3S/c1-34-22(33)9-7-20-24-29-30-25(36-15-31-10-12-35-13-11-31)32(24)21-8-6-16(26)14-18(21)23(28-20)17-4-2-3-5-19(17)27/h2-6,8,14,20H,7,9-13,15H2,1H3/t20-/m0/s1. The van der Waals surface area contributed by atoms with Crippen molar-refractivity contribution in [1.29, 1.82) is 0 Å². The van der Waals surface area contributed by atoms with E-state index < -0.39 is 6.04 Å². The van der Waals surface area contributed by atoms with Gasteiger partial charge in [0.2, 0.25) is 0 Å². The predicted molar refractivity (Wildman–Crippen MR) is 138 cm³/mol. The molecule has 188 valence electrons. The number of carbonyl (C=O) groups is 1. The molecule has 3 aromatic rings. The van der Waals surface area contributed by atoms with Gasteiger partial charge in [-0.25, -0.2) is 4.39 Å². The van der Waals surface area contributed by atoms with Gasteiger partial charge in [-0.15, -0.1) is 10.2 Å². The average molecular weight is 574 g/mol. The molecule has 0 unspecified atom stereocenters. The summed E-state index contributed by atoms with van der Waals surface area (Å²) in [5.41, 5.74) is 2.46. The predicted octanol–water partition coefficient (Wildman–Crippen LogP) is 4.40. The molecular weight excluding hydrogens is 549 g/mol. The fourth-order valence-electron chi connectivity index (χ4n) is 4.29. The van der Waals surface area contributed by atoms with Crippen LogP contribution in [0.15, 0.2) is 57.1 Å². The van der Waals surface area contributed by atoms with E-state index >= 15 is 4.39 Å². The molecule has 0 N–H and O–H groups in total. The summed E-state index contributed by atoms with van der Waals surface area (Å²) in [6, 6.07) is 11.9. The lowest BCUT2D eigenvalue weighted by Gasteiger charge is -2.25. The fourth-order valence-corrected chi connectivity index (χ4v) is 5.63. The summed E-state index contributed by atoms with van der Waals surface area (Å²) >= 11 is 5.15. The summed E-state index contributed by atoms with van der Waals surface area (Å²) in [5.74, 6) is 0.642. The third-order valence-corrected chi connectivity index (χ3v) is 7.66. The highest BCUT2D eigenvalue weighted by Gasteiger charge is 2.31. The number of esters is 1. The molecule has 1 fully saturated rings. The quantitative estimate of drug-likeness (QED) is 0.306. The van der Waals surface area contributed by atoms with Crippen LogP contribution >= 0.6 is 27.7 Å². The van der Waals surface area contributed by atoms with Crippen molar-refractivity contribution in [2.75, 3.05) is 39.3 Å². The smallest absolute Gasteiger partial charge is 0.305 e. The first-order chi connectivity index (χ1) is 17.5. The minimum Gasteiger partial charge on any atom is -0.469 e. The number of rotatable bonds is 7. The monoisotopic (exact) mass is 573 g/mol. The van der Waals surface area contributed by atoms with E-state index in [0.29, 0.717) is 41.9 Å². The Bertz CT molecular complexity index is 1290. The normalized spacial score (nSPS) is 17.6. The van der Waals surface area contributed by atoms with Crippen LogP contribution in [0.25, 0.3) is 5.69 Å². The average Bonchev–Trinajstić information content (AvgIpc) is 3.26. The van der Waals surface area contributed by atoms with Gasteiger partial charge in [-0.05, 0) is 36.8 Å². The van der Waals surface area contributed by atoms with E-state index in [0.717, 1.165) is 34.7 Å². The summed E-state index contributed by atoms with van der Waals surface area (Å²) in [5, 5.41) is 9.74. The van der Waals surface area contributed by atoms with E-state index in [1.807, 2.05) is 22.8 Å². The number of morpholine rings is 1. The number of benzene rings is 2. The van der Waals surface area contributed by atoms with Gasteiger partial charge in [0.25, 0.3) is 0 Å². The Balaban J connectivity index is 1.61. The number of aliphatic imine (C=N–C) groups is 1. The van der Waals surface area contributed by atoms with Crippen molar-refractivity contribution < 1.29 is 18.7 Å². The molecule has 11 heteroatoms. The van der Waals surface area contributed by atoms with Gasteiger partial charge < -0.3 is 9.47 Å². The number of hydrogen-bond acceptors (Lipinski definition) is 8. The highest BCUT2D eigenvalue weighted by molar-refractivity contribution is 9.10. The fraction of sp³-hybridized carbons (Fsp3) is 0.360. The molecule has 36 heavy (non-hydrogen) atoms. The van der Waals surface area contributed by atoms with Crippen LogP contribution in [0.1, 0.15) is 35.8 Å². The number of fused-ring (bicyclic) bond motifs is 3. The van der Waals surface area contributed by atoms with Crippen molar-refractivity contribution >= 4 is 39.4 Å². The Morgan fingerprint density at radius 1 is 1.19 bits per heavy atom. The third kappa shape index (κ3) is 5.24. The zero-order valence-electron chi connectivity index (χ0n) is 19.7. The van der Waals surface area contributed by atoms with Crippen molar-refractivity contribution in [3.8, 4) is 5.69 Å².